The summed E-state index contributed by atoms with van der Waals surface area (Å²) in [5.74, 6) is -0.626. The summed E-state index contributed by atoms with van der Waals surface area (Å²) < 4.78 is 10.2. The van der Waals surface area contributed by atoms with Gasteiger partial charge in [0.15, 0.2) is 6.23 Å². The molecule has 2 rings (SSSR count). The first-order valence-electron chi connectivity index (χ1n) is 6.36. The Morgan fingerprint density at radius 3 is 2.78 bits per heavy atom. The number of cyclic esters (lactones) is 1. The van der Waals surface area contributed by atoms with E-state index in [2.05, 4.69) is 0 Å². The summed E-state index contributed by atoms with van der Waals surface area (Å²) in [5, 5.41) is 0. The Hall–Kier alpha value is -1.10. The van der Waals surface area contributed by atoms with Crippen molar-refractivity contribution in [3.63, 3.8) is 0 Å². The summed E-state index contributed by atoms with van der Waals surface area (Å²) >= 11 is 0. The molecule has 102 valence electrons. The van der Waals surface area contributed by atoms with Crippen LogP contribution in [0.5, 0.6) is 0 Å². The minimum absolute atomic E-state index is 0.0922. The number of carbonyl (C=O) groups excluding carboxylic acids is 2. The molecule has 0 amide bonds. The van der Waals surface area contributed by atoms with Crippen LogP contribution in [0, 0.1) is 5.41 Å². The molecule has 0 unspecified atom stereocenters. The molecule has 0 aromatic rings. The van der Waals surface area contributed by atoms with Crippen LogP contribution in [0.25, 0.3) is 0 Å². The van der Waals surface area contributed by atoms with Crippen molar-refractivity contribution in [3.8, 4) is 0 Å². The monoisotopic (exact) mass is 255 g/mol. The van der Waals surface area contributed by atoms with Gasteiger partial charge >= 0.3 is 11.9 Å². The first-order valence-corrected chi connectivity index (χ1v) is 6.36. The van der Waals surface area contributed by atoms with Crippen molar-refractivity contribution >= 4 is 11.9 Å². The zero-order valence-corrected chi connectivity index (χ0v) is 11.5. The molecule has 0 aromatic carbocycles. The van der Waals surface area contributed by atoms with Crippen LogP contribution >= 0.6 is 0 Å². The fourth-order valence-electron chi connectivity index (χ4n) is 2.95. The Bertz CT molecular complexity index is 374. The minimum Gasteiger partial charge on any atom is -0.469 e. The average molecular weight is 255 g/mol. The molecular formula is C13H21NO4. The highest BCUT2D eigenvalue weighted by Crippen LogP contribution is 2.45. The molecular weight excluding hydrogens is 234 g/mol. The Balaban J connectivity index is 2.29. The maximum atomic E-state index is 12.2. The van der Waals surface area contributed by atoms with E-state index < -0.39 is 5.54 Å². The van der Waals surface area contributed by atoms with Crippen molar-refractivity contribution in [1.82, 2.24) is 4.90 Å². The Morgan fingerprint density at radius 1 is 1.56 bits per heavy atom. The van der Waals surface area contributed by atoms with Crippen molar-refractivity contribution < 1.29 is 19.1 Å². The van der Waals surface area contributed by atoms with Crippen molar-refractivity contribution in [2.75, 3.05) is 13.7 Å². The van der Waals surface area contributed by atoms with Gasteiger partial charge in [0.2, 0.25) is 0 Å². The second-order valence-corrected chi connectivity index (χ2v) is 6.21. The average Bonchev–Trinajstić information content (AvgIpc) is 2.77. The number of nitrogens with zero attached hydrogens (tertiary/aromatic N) is 1. The second kappa shape index (κ2) is 4.23. The van der Waals surface area contributed by atoms with Gasteiger partial charge in [-0.1, -0.05) is 20.8 Å². The summed E-state index contributed by atoms with van der Waals surface area (Å²) in [6.45, 7) is 6.91. The van der Waals surface area contributed by atoms with Gasteiger partial charge in [-0.25, -0.2) is 4.79 Å². The highest BCUT2D eigenvalue weighted by atomic mass is 16.6. The van der Waals surface area contributed by atoms with E-state index in [-0.39, 0.29) is 30.0 Å². The molecule has 0 spiro atoms. The number of esters is 2. The molecule has 2 fully saturated rings. The highest BCUT2D eigenvalue weighted by molar-refractivity contribution is 5.89. The molecule has 5 nitrogen and oxygen atoms in total. The summed E-state index contributed by atoms with van der Waals surface area (Å²) in [4.78, 5) is 25.8. The van der Waals surface area contributed by atoms with Gasteiger partial charge in [0.1, 0.15) is 5.54 Å². The topological polar surface area (TPSA) is 55.8 Å². The Kier molecular flexibility index (Phi) is 3.13. The van der Waals surface area contributed by atoms with E-state index >= 15 is 0 Å². The lowest BCUT2D eigenvalue weighted by Gasteiger charge is -2.34. The third-order valence-corrected chi connectivity index (χ3v) is 3.83. The van der Waals surface area contributed by atoms with Crippen LogP contribution in [-0.2, 0) is 19.1 Å². The molecule has 0 N–H and O–H groups in total. The van der Waals surface area contributed by atoms with E-state index in [9.17, 15) is 9.59 Å². The first kappa shape index (κ1) is 13.3. The normalized spacial score (nSPS) is 32.2. The SMILES string of the molecule is COC(=O)C[C@@]12CCCN1[C@@H](C(C)(C)C)OC2=O. The minimum atomic E-state index is -0.787. The van der Waals surface area contributed by atoms with Crippen molar-refractivity contribution in [2.24, 2.45) is 5.41 Å². The van der Waals surface area contributed by atoms with Crippen molar-refractivity contribution in [2.45, 2.75) is 51.8 Å². The molecule has 2 heterocycles. The summed E-state index contributed by atoms with van der Waals surface area (Å²) in [6.07, 6.45) is 1.43. The van der Waals surface area contributed by atoms with Gasteiger partial charge < -0.3 is 9.47 Å². The fourth-order valence-corrected chi connectivity index (χ4v) is 2.95. The van der Waals surface area contributed by atoms with Crippen LogP contribution in [0.4, 0.5) is 0 Å². The highest BCUT2D eigenvalue weighted by Gasteiger charge is 2.61. The van der Waals surface area contributed by atoms with E-state index in [0.29, 0.717) is 6.42 Å². The molecule has 2 saturated heterocycles. The second-order valence-electron chi connectivity index (χ2n) is 6.21. The van der Waals surface area contributed by atoms with Gasteiger partial charge in [0.25, 0.3) is 0 Å². The van der Waals surface area contributed by atoms with Crippen LogP contribution in [0.2, 0.25) is 0 Å². The molecule has 0 aliphatic carbocycles. The molecule has 2 atom stereocenters. The van der Waals surface area contributed by atoms with Gasteiger partial charge in [0.05, 0.1) is 13.5 Å². The number of ether oxygens (including phenoxy) is 2. The zero-order valence-electron chi connectivity index (χ0n) is 11.5. The number of methoxy groups -OCH3 is 1. The van der Waals surface area contributed by atoms with E-state index in [1.807, 2.05) is 25.7 Å². The van der Waals surface area contributed by atoms with Crippen LogP contribution in [0.3, 0.4) is 0 Å². The summed E-state index contributed by atoms with van der Waals surface area (Å²) in [5.41, 5.74) is -0.942. The number of rotatable bonds is 2. The lowest BCUT2D eigenvalue weighted by Crippen LogP contribution is -2.50. The smallest absolute Gasteiger partial charge is 0.328 e. The van der Waals surface area contributed by atoms with Gasteiger partial charge in [-0.05, 0) is 12.8 Å². The van der Waals surface area contributed by atoms with Gasteiger partial charge in [-0.2, -0.15) is 0 Å². The van der Waals surface area contributed by atoms with Gasteiger partial charge in [0, 0.05) is 12.0 Å². The Morgan fingerprint density at radius 2 is 2.22 bits per heavy atom. The maximum absolute atomic E-state index is 12.2. The fraction of sp³-hybridized carbons (Fsp3) is 0.846. The molecule has 18 heavy (non-hydrogen) atoms. The van der Waals surface area contributed by atoms with Crippen molar-refractivity contribution in [1.29, 1.82) is 0 Å². The molecule has 2 aliphatic rings. The molecule has 0 saturated carbocycles. The third kappa shape index (κ3) is 1.90. The standard InChI is InChI=1S/C13H21NO4/c1-12(2,3)10-14-7-5-6-13(14,11(16)18-10)8-9(15)17-4/h10H,5-8H2,1-4H3/t10-,13-/m1/s1. The van der Waals surface area contributed by atoms with Crippen LogP contribution in [-0.4, -0.2) is 42.3 Å². The third-order valence-electron chi connectivity index (χ3n) is 3.83. The van der Waals surface area contributed by atoms with Gasteiger partial charge in [-0.3, -0.25) is 9.69 Å². The predicted molar refractivity (Wildman–Crippen MR) is 64.6 cm³/mol. The van der Waals surface area contributed by atoms with E-state index in [1.165, 1.54) is 7.11 Å². The molecule has 0 bridgehead atoms. The van der Waals surface area contributed by atoms with Gasteiger partial charge in [-0.15, -0.1) is 0 Å². The van der Waals surface area contributed by atoms with E-state index in [1.54, 1.807) is 0 Å². The Labute approximate surface area is 107 Å². The number of fused-ring (bicyclic) bond motifs is 1. The molecule has 0 aromatic heterocycles. The molecule has 0 radical (unpaired) electrons. The number of hydrogen-bond acceptors (Lipinski definition) is 5. The first-order chi connectivity index (χ1) is 8.31. The summed E-state index contributed by atoms with van der Waals surface area (Å²) in [7, 11) is 1.35. The largest absolute Gasteiger partial charge is 0.469 e. The van der Waals surface area contributed by atoms with Crippen LogP contribution < -0.4 is 0 Å². The molecule has 2 aliphatic heterocycles. The van der Waals surface area contributed by atoms with E-state index in [0.717, 1.165) is 13.0 Å². The van der Waals surface area contributed by atoms with Crippen molar-refractivity contribution in [3.05, 3.63) is 0 Å². The quantitative estimate of drug-likeness (QED) is 0.696. The lowest BCUT2D eigenvalue weighted by molar-refractivity contribution is -0.153. The zero-order chi connectivity index (χ0) is 13.6. The van der Waals surface area contributed by atoms with Crippen LogP contribution in [0.15, 0.2) is 0 Å². The number of hydrogen-bond donors (Lipinski definition) is 0. The molecule has 5 heteroatoms. The van der Waals surface area contributed by atoms with Crippen LogP contribution in [0.1, 0.15) is 40.0 Å². The van der Waals surface area contributed by atoms with E-state index in [4.69, 9.17) is 9.47 Å². The summed E-state index contributed by atoms with van der Waals surface area (Å²) in [6, 6.07) is 0. The maximum Gasteiger partial charge on any atom is 0.328 e. The predicted octanol–water partition coefficient (Wildman–Crippen LogP) is 1.31. The lowest BCUT2D eigenvalue weighted by atomic mass is 9.89. The number of carbonyl (C=O) groups is 2.